The summed E-state index contributed by atoms with van der Waals surface area (Å²) in [5.41, 5.74) is 5.79. The van der Waals surface area contributed by atoms with Crippen molar-refractivity contribution in [2.24, 2.45) is 0 Å². The van der Waals surface area contributed by atoms with Crippen LogP contribution in [0.5, 0.6) is 0 Å². The molecule has 19 heavy (non-hydrogen) atoms. The molecule has 108 valence electrons. The Morgan fingerprint density at radius 1 is 1.42 bits per heavy atom. The van der Waals surface area contributed by atoms with E-state index in [1.165, 1.54) is 6.42 Å². The molecule has 7 heteroatoms. The average molecular weight is 303 g/mol. The molecule has 5 nitrogen and oxygen atoms in total. The molecule has 1 heterocycles. The Balaban J connectivity index is 2.33. The highest BCUT2D eigenvalue weighted by atomic mass is 32.2. The molecule has 1 saturated carbocycles. The van der Waals surface area contributed by atoms with Gasteiger partial charge in [0.25, 0.3) is 0 Å². The number of anilines is 2. The third kappa shape index (κ3) is 2.72. The van der Waals surface area contributed by atoms with Crippen molar-refractivity contribution in [1.82, 2.24) is 4.37 Å². The van der Waals surface area contributed by atoms with E-state index in [4.69, 9.17) is 5.73 Å². The first-order valence-electron chi connectivity index (χ1n) is 6.70. The maximum atomic E-state index is 12.3. The SMILES string of the molecule is CCCS(=O)(=O)c1c(N)nsc1NC1(CC)CCC1. The van der Waals surface area contributed by atoms with Gasteiger partial charge in [0.15, 0.2) is 15.7 Å². The van der Waals surface area contributed by atoms with Crippen molar-refractivity contribution in [2.45, 2.75) is 56.4 Å². The van der Waals surface area contributed by atoms with Crippen LogP contribution >= 0.6 is 11.5 Å². The maximum Gasteiger partial charge on any atom is 0.185 e. The van der Waals surface area contributed by atoms with Gasteiger partial charge in [-0.2, -0.15) is 4.37 Å². The van der Waals surface area contributed by atoms with Crippen LogP contribution in [0.2, 0.25) is 0 Å². The summed E-state index contributed by atoms with van der Waals surface area (Å²) in [6.07, 6.45) is 4.91. The van der Waals surface area contributed by atoms with Gasteiger partial charge in [0.05, 0.1) is 5.75 Å². The summed E-state index contributed by atoms with van der Waals surface area (Å²) in [6.45, 7) is 3.97. The lowest BCUT2D eigenvalue weighted by atomic mass is 9.75. The van der Waals surface area contributed by atoms with Gasteiger partial charge >= 0.3 is 0 Å². The number of nitrogen functional groups attached to an aromatic ring is 1. The zero-order valence-corrected chi connectivity index (χ0v) is 13.0. The quantitative estimate of drug-likeness (QED) is 0.844. The van der Waals surface area contributed by atoms with E-state index in [9.17, 15) is 8.42 Å². The Bertz CT molecular complexity index is 542. The highest BCUT2D eigenvalue weighted by Gasteiger charge is 2.37. The highest BCUT2D eigenvalue weighted by Crippen LogP contribution is 2.42. The van der Waals surface area contributed by atoms with E-state index in [1.807, 2.05) is 6.92 Å². The molecule has 3 N–H and O–H groups in total. The molecule has 2 rings (SSSR count). The van der Waals surface area contributed by atoms with Crippen LogP contribution in [0.25, 0.3) is 0 Å². The van der Waals surface area contributed by atoms with E-state index in [2.05, 4.69) is 16.6 Å². The Kier molecular flexibility index (Phi) is 4.06. The van der Waals surface area contributed by atoms with Crippen molar-refractivity contribution in [3.8, 4) is 0 Å². The van der Waals surface area contributed by atoms with E-state index in [1.54, 1.807) is 0 Å². The van der Waals surface area contributed by atoms with Gasteiger partial charge in [-0.3, -0.25) is 0 Å². The monoisotopic (exact) mass is 303 g/mol. The number of nitrogens with two attached hydrogens (primary N) is 1. The molecule has 0 unspecified atom stereocenters. The lowest BCUT2D eigenvalue weighted by Crippen LogP contribution is -2.44. The van der Waals surface area contributed by atoms with Crippen LogP contribution in [-0.4, -0.2) is 24.1 Å². The van der Waals surface area contributed by atoms with Gasteiger partial charge in [-0.15, -0.1) is 0 Å². The first kappa shape index (κ1) is 14.6. The number of nitrogens with zero attached hydrogens (tertiary/aromatic N) is 1. The molecule has 0 radical (unpaired) electrons. The number of aromatic nitrogens is 1. The van der Waals surface area contributed by atoms with Crippen molar-refractivity contribution >= 4 is 32.2 Å². The van der Waals surface area contributed by atoms with Crippen LogP contribution in [0.3, 0.4) is 0 Å². The fraction of sp³-hybridized carbons (Fsp3) is 0.750. The minimum Gasteiger partial charge on any atom is -0.382 e. The zero-order chi connectivity index (χ0) is 14.1. The van der Waals surface area contributed by atoms with E-state index < -0.39 is 9.84 Å². The first-order valence-corrected chi connectivity index (χ1v) is 9.13. The molecule has 0 amide bonds. The van der Waals surface area contributed by atoms with Crippen molar-refractivity contribution in [1.29, 1.82) is 0 Å². The van der Waals surface area contributed by atoms with Crippen molar-refractivity contribution in [2.75, 3.05) is 16.8 Å². The fourth-order valence-electron chi connectivity index (χ4n) is 2.46. The largest absolute Gasteiger partial charge is 0.382 e. The van der Waals surface area contributed by atoms with Crippen LogP contribution in [-0.2, 0) is 9.84 Å². The van der Waals surface area contributed by atoms with E-state index in [0.29, 0.717) is 11.4 Å². The van der Waals surface area contributed by atoms with Gasteiger partial charge in [-0.25, -0.2) is 8.42 Å². The topological polar surface area (TPSA) is 85.1 Å². The molecular weight excluding hydrogens is 282 g/mol. The van der Waals surface area contributed by atoms with Crippen molar-refractivity contribution in [3.63, 3.8) is 0 Å². The molecule has 1 aromatic heterocycles. The molecule has 0 bridgehead atoms. The average Bonchev–Trinajstić information content (AvgIpc) is 2.65. The van der Waals surface area contributed by atoms with Gasteiger partial charge in [0.2, 0.25) is 0 Å². The maximum absolute atomic E-state index is 12.3. The van der Waals surface area contributed by atoms with Crippen LogP contribution in [0.15, 0.2) is 4.90 Å². The Morgan fingerprint density at radius 3 is 2.58 bits per heavy atom. The van der Waals surface area contributed by atoms with Gasteiger partial charge in [-0.1, -0.05) is 13.8 Å². The van der Waals surface area contributed by atoms with Crippen LogP contribution < -0.4 is 11.1 Å². The van der Waals surface area contributed by atoms with Crippen molar-refractivity contribution < 1.29 is 8.42 Å². The van der Waals surface area contributed by atoms with Gasteiger partial charge < -0.3 is 11.1 Å². The Morgan fingerprint density at radius 2 is 2.11 bits per heavy atom. The number of nitrogens with one attached hydrogen (secondary N) is 1. The summed E-state index contributed by atoms with van der Waals surface area (Å²) in [7, 11) is -3.33. The third-order valence-electron chi connectivity index (χ3n) is 3.82. The number of hydrogen-bond acceptors (Lipinski definition) is 6. The Labute approximate surface area is 118 Å². The summed E-state index contributed by atoms with van der Waals surface area (Å²) < 4.78 is 28.5. The van der Waals surface area contributed by atoms with Crippen LogP contribution in [0.4, 0.5) is 10.8 Å². The molecule has 0 atom stereocenters. The Hall–Kier alpha value is -0.820. The molecule has 0 aliphatic heterocycles. The second-order valence-corrected chi connectivity index (χ2v) is 7.98. The predicted molar refractivity (Wildman–Crippen MR) is 79.4 cm³/mol. The van der Waals surface area contributed by atoms with Gasteiger partial charge in [-0.05, 0) is 43.6 Å². The number of hydrogen-bond donors (Lipinski definition) is 2. The molecule has 1 aliphatic carbocycles. The number of sulfone groups is 1. The normalized spacial score (nSPS) is 18.0. The van der Waals surface area contributed by atoms with Crippen LogP contribution in [0, 0.1) is 0 Å². The summed E-state index contributed by atoms with van der Waals surface area (Å²) >= 11 is 1.16. The summed E-state index contributed by atoms with van der Waals surface area (Å²) in [5, 5.41) is 4.01. The van der Waals surface area contributed by atoms with Crippen LogP contribution in [0.1, 0.15) is 46.0 Å². The molecule has 1 aliphatic rings. The smallest absolute Gasteiger partial charge is 0.185 e. The minimum absolute atomic E-state index is 0.0372. The van der Waals surface area contributed by atoms with E-state index >= 15 is 0 Å². The summed E-state index contributed by atoms with van der Waals surface area (Å²) in [4.78, 5) is 0.207. The molecule has 0 saturated heterocycles. The lowest BCUT2D eigenvalue weighted by Gasteiger charge is -2.42. The second kappa shape index (κ2) is 5.28. The minimum atomic E-state index is -3.33. The molecular formula is C12H21N3O2S2. The fourth-order valence-corrected chi connectivity index (χ4v) is 5.18. The molecule has 1 fully saturated rings. The van der Waals surface area contributed by atoms with Gasteiger partial charge in [0, 0.05) is 5.54 Å². The molecule has 0 spiro atoms. The van der Waals surface area contributed by atoms with Gasteiger partial charge in [0.1, 0.15) is 9.90 Å². The predicted octanol–water partition coefficient (Wildman–Crippen LogP) is 2.65. The number of rotatable bonds is 6. The summed E-state index contributed by atoms with van der Waals surface area (Å²) in [5.74, 6) is 0.246. The summed E-state index contributed by atoms with van der Waals surface area (Å²) in [6, 6.07) is 0. The second-order valence-electron chi connectivity index (χ2n) is 5.16. The standard InChI is InChI=1S/C12H21N3O2S2/c1-3-8-19(16,17)9-10(13)15-18-11(9)14-12(4-2)6-5-7-12/h14H,3-8H2,1-2H3,(H2,13,15). The molecule has 0 aromatic carbocycles. The first-order chi connectivity index (χ1) is 8.94. The van der Waals surface area contributed by atoms with E-state index in [0.717, 1.165) is 30.8 Å². The van der Waals surface area contributed by atoms with Crippen molar-refractivity contribution in [3.05, 3.63) is 0 Å². The third-order valence-corrected chi connectivity index (χ3v) is 6.71. The lowest BCUT2D eigenvalue weighted by molar-refractivity contribution is 0.270. The molecule has 1 aromatic rings. The zero-order valence-electron chi connectivity index (χ0n) is 11.4. The highest BCUT2D eigenvalue weighted by molar-refractivity contribution is 7.91. The van der Waals surface area contributed by atoms with E-state index in [-0.39, 0.29) is 22.0 Å².